The molecule has 2 N–H and O–H groups in total. The van der Waals surface area contributed by atoms with Crippen molar-refractivity contribution in [3.05, 3.63) is 70.7 Å². The van der Waals surface area contributed by atoms with Gasteiger partial charge in [-0.3, -0.25) is 4.79 Å². The van der Waals surface area contributed by atoms with Crippen LogP contribution in [0.1, 0.15) is 5.69 Å². The van der Waals surface area contributed by atoms with Gasteiger partial charge in [-0.25, -0.2) is 4.98 Å². The number of hydrogen-bond acceptors (Lipinski definition) is 4. The molecule has 3 rings (SSSR count). The van der Waals surface area contributed by atoms with Crippen molar-refractivity contribution in [2.24, 2.45) is 0 Å². The van der Waals surface area contributed by atoms with E-state index in [1.807, 2.05) is 35.7 Å². The molecule has 6 heteroatoms. The summed E-state index contributed by atoms with van der Waals surface area (Å²) in [4.78, 5) is 16.5. The second-order valence-electron chi connectivity index (χ2n) is 4.87. The molecule has 0 fully saturated rings. The van der Waals surface area contributed by atoms with E-state index >= 15 is 0 Å². The molecule has 0 radical (unpaired) electrons. The Balaban J connectivity index is 1.58. The van der Waals surface area contributed by atoms with Gasteiger partial charge in [0.05, 0.1) is 12.1 Å². The van der Waals surface area contributed by atoms with Crippen LogP contribution in [0.4, 0.5) is 16.5 Å². The number of nitrogens with zero attached hydrogens (tertiary/aromatic N) is 1. The number of aromatic nitrogens is 1. The lowest BCUT2D eigenvalue weighted by molar-refractivity contribution is -0.115. The van der Waals surface area contributed by atoms with Crippen LogP contribution in [0.5, 0.6) is 0 Å². The molecule has 0 saturated carbocycles. The third kappa shape index (κ3) is 4.55. The molecule has 116 valence electrons. The van der Waals surface area contributed by atoms with E-state index in [0.717, 1.165) is 22.2 Å². The third-order valence-corrected chi connectivity index (χ3v) is 4.10. The Morgan fingerprint density at radius 2 is 1.78 bits per heavy atom. The van der Waals surface area contributed by atoms with E-state index in [1.165, 1.54) is 11.3 Å². The first-order valence-electron chi connectivity index (χ1n) is 7.01. The average Bonchev–Trinajstić information content (AvgIpc) is 2.97. The van der Waals surface area contributed by atoms with Crippen LogP contribution >= 0.6 is 22.9 Å². The van der Waals surface area contributed by atoms with E-state index in [9.17, 15) is 4.79 Å². The Labute approximate surface area is 143 Å². The zero-order valence-corrected chi connectivity index (χ0v) is 13.7. The lowest BCUT2D eigenvalue weighted by atomic mass is 10.3. The number of hydrogen-bond donors (Lipinski definition) is 2. The first-order valence-corrected chi connectivity index (χ1v) is 8.27. The van der Waals surface area contributed by atoms with Crippen molar-refractivity contribution in [2.75, 3.05) is 10.6 Å². The van der Waals surface area contributed by atoms with Crippen LogP contribution in [-0.4, -0.2) is 10.9 Å². The molecule has 4 nitrogen and oxygen atoms in total. The summed E-state index contributed by atoms with van der Waals surface area (Å²) < 4.78 is 0. The highest BCUT2D eigenvalue weighted by Gasteiger charge is 2.08. The van der Waals surface area contributed by atoms with Gasteiger partial charge in [0.2, 0.25) is 5.91 Å². The molecule has 1 heterocycles. The van der Waals surface area contributed by atoms with Crippen molar-refractivity contribution >= 4 is 45.4 Å². The molecule has 0 aliphatic heterocycles. The molecule has 0 unspecified atom stereocenters. The van der Waals surface area contributed by atoms with Crippen LogP contribution in [0.2, 0.25) is 5.02 Å². The number of rotatable bonds is 5. The first kappa shape index (κ1) is 15.5. The molecular formula is C17H14ClN3OS. The summed E-state index contributed by atoms with van der Waals surface area (Å²) in [6, 6.07) is 16.8. The number of amides is 1. The third-order valence-electron chi connectivity index (χ3n) is 3.05. The number of carbonyl (C=O) groups is 1. The fourth-order valence-corrected chi connectivity index (χ4v) is 2.85. The highest BCUT2D eigenvalue weighted by molar-refractivity contribution is 7.13. The molecule has 0 spiro atoms. The van der Waals surface area contributed by atoms with Crippen LogP contribution < -0.4 is 10.6 Å². The average molecular weight is 344 g/mol. The number of halogens is 1. The number of thiazole rings is 1. The normalized spacial score (nSPS) is 10.3. The van der Waals surface area contributed by atoms with Gasteiger partial charge >= 0.3 is 0 Å². The summed E-state index contributed by atoms with van der Waals surface area (Å²) in [6.07, 6.45) is 0.232. The zero-order valence-electron chi connectivity index (χ0n) is 12.1. The molecule has 0 aliphatic rings. The Hall–Kier alpha value is -2.37. The molecule has 0 atom stereocenters. The van der Waals surface area contributed by atoms with Crippen molar-refractivity contribution in [2.45, 2.75) is 6.42 Å². The van der Waals surface area contributed by atoms with Gasteiger partial charge in [0.25, 0.3) is 0 Å². The van der Waals surface area contributed by atoms with Crippen LogP contribution in [0.15, 0.2) is 60.0 Å². The standard InChI is InChI=1S/C17H14ClN3OS/c18-12-6-8-14(9-7-12)19-16(22)10-15-11-23-17(21-15)20-13-4-2-1-3-5-13/h1-9,11H,10H2,(H,19,22)(H,20,21). The summed E-state index contributed by atoms with van der Waals surface area (Å²) >= 11 is 7.29. The van der Waals surface area contributed by atoms with E-state index in [2.05, 4.69) is 15.6 Å². The lowest BCUT2D eigenvalue weighted by Crippen LogP contribution is -2.14. The van der Waals surface area contributed by atoms with Crippen molar-refractivity contribution in [3.8, 4) is 0 Å². The molecule has 3 aromatic rings. The minimum atomic E-state index is -0.108. The maximum absolute atomic E-state index is 12.0. The van der Waals surface area contributed by atoms with Gasteiger partial charge in [-0.05, 0) is 36.4 Å². The minimum absolute atomic E-state index is 0.108. The van der Waals surface area contributed by atoms with Crippen LogP contribution in [-0.2, 0) is 11.2 Å². The van der Waals surface area contributed by atoms with E-state index < -0.39 is 0 Å². The maximum Gasteiger partial charge on any atom is 0.230 e. The number of anilines is 3. The second kappa shape index (κ2) is 7.26. The molecule has 23 heavy (non-hydrogen) atoms. The zero-order chi connectivity index (χ0) is 16.1. The highest BCUT2D eigenvalue weighted by Crippen LogP contribution is 2.21. The largest absolute Gasteiger partial charge is 0.332 e. The SMILES string of the molecule is O=C(Cc1csc(Nc2ccccc2)n1)Nc1ccc(Cl)cc1. The Kier molecular flexibility index (Phi) is 4.90. The molecule has 1 aromatic heterocycles. The number of para-hydroxylation sites is 1. The predicted molar refractivity (Wildman–Crippen MR) is 95.6 cm³/mol. The quantitative estimate of drug-likeness (QED) is 0.704. The molecule has 0 saturated heterocycles. The summed E-state index contributed by atoms with van der Waals surface area (Å²) in [5.74, 6) is -0.108. The van der Waals surface area contributed by atoms with Crippen LogP contribution in [0, 0.1) is 0 Å². The number of benzene rings is 2. The summed E-state index contributed by atoms with van der Waals surface area (Å²) in [7, 11) is 0. The number of nitrogens with one attached hydrogen (secondary N) is 2. The Morgan fingerprint density at radius 3 is 2.52 bits per heavy atom. The van der Waals surface area contributed by atoms with Gasteiger partial charge in [-0.1, -0.05) is 29.8 Å². The van der Waals surface area contributed by atoms with Crippen molar-refractivity contribution in [3.63, 3.8) is 0 Å². The van der Waals surface area contributed by atoms with E-state index in [-0.39, 0.29) is 12.3 Å². The van der Waals surface area contributed by atoms with Gasteiger partial charge in [0, 0.05) is 21.8 Å². The van der Waals surface area contributed by atoms with Crippen molar-refractivity contribution in [1.82, 2.24) is 4.98 Å². The monoisotopic (exact) mass is 343 g/mol. The minimum Gasteiger partial charge on any atom is -0.332 e. The highest BCUT2D eigenvalue weighted by atomic mass is 35.5. The molecule has 0 bridgehead atoms. The van der Waals surface area contributed by atoms with Gasteiger partial charge in [0.15, 0.2) is 5.13 Å². The first-order chi connectivity index (χ1) is 11.2. The smallest absolute Gasteiger partial charge is 0.230 e. The van der Waals surface area contributed by atoms with Gasteiger partial charge in [-0.15, -0.1) is 11.3 Å². The van der Waals surface area contributed by atoms with Gasteiger partial charge in [0.1, 0.15) is 0 Å². The van der Waals surface area contributed by atoms with E-state index in [4.69, 9.17) is 11.6 Å². The topological polar surface area (TPSA) is 54.0 Å². The fourth-order valence-electron chi connectivity index (χ4n) is 1.99. The summed E-state index contributed by atoms with van der Waals surface area (Å²) in [6.45, 7) is 0. The molecule has 0 aliphatic carbocycles. The van der Waals surface area contributed by atoms with E-state index in [1.54, 1.807) is 24.3 Å². The molecule has 1 amide bonds. The van der Waals surface area contributed by atoms with Crippen LogP contribution in [0.3, 0.4) is 0 Å². The maximum atomic E-state index is 12.0. The second-order valence-corrected chi connectivity index (χ2v) is 6.16. The van der Waals surface area contributed by atoms with Gasteiger partial charge in [-0.2, -0.15) is 0 Å². The van der Waals surface area contributed by atoms with E-state index in [0.29, 0.717) is 5.02 Å². The Morgan fingerprint density at radius 1 is 1.04 bits per heavy atom. The molecular weight excluding hydrogens is 330 g/mol. The summed E-state index contributed by atoms with van der Waals surface area (Å²) in [5.41, 5.74) is 2.43. The lowest BCUT2D eigenvalue weighted by Gasteiger charge is -2.04. The summed E-state index contributed by atoms with van der Waals surface area (Å²) in [5, 5.41) is 9.33. The Bertz CT molecular complexity index is 787. The van der Waals surface area contributed by atoms with Crippen molar-refractivity contribution < 1.29 is 4.79 Å². The predicted octanol–water partition coefficient (Wildman–Crippen LogP) is 4.72. The van der Waals surface area contributed by atoms with Crippen LogP contribution in [0.25, 0.3) is 0 Å². The molecule has 2 aromatic carbocycles. The number of carbonyl (C=O) groups excluding carboxylic acids is 1. The fraction of sp³-hybridized carbons (Fsp3) is 0.0588. The van der Waals surface area contributed by atoms with Gasteiger partial charge < -0.3 is 10.6 Å². The van der Waals surface area contributed by atoms with Crippen molar-refractivity contribution in [1.29, 1.82) is 0 Å².